The first kappa shape index (κ1) is 9.16. The highest BCUT2D eigenvalue weighted by Crippen LogP contribution is 2.41. The third-order valence-corrected chi connectivity index (χ3v) is 3.52. The van der Waals surface area contributed by atoms with Gasteiger partial charge >= 0.3 is 0 Å². The Bertz CT molecular complexity index is 329. The number of nitrogens with zero attached hydrogens (tertiary/aromatic N) is 2. The van der Waals surface area contributed by atoms with Crippen molar-refractivity contribution in [3.05, 3.63) is 24.4 Å². The maximum Gasteiger partial charge on any atom is 0.213 e. The van der Waals surface area contributed by atoms with Gasteiger partial charge in [0, 0.05) is 37.2 Å². The van der Waals surface area contributed by atoms with E-state index in [-0.39, 0.29) is 0 Å². The van der Waals surface area contributed by atoms with Crippen LogP contribution in [-0.4, -0.2) is 36.1 Å². The lowest BCUT2D eigenvalue weighted by atomic mass is 9.68. The van der Waals surface area contributed by atoms with Crippen LogP contribution in [0.4, 0.5) is 0 Å². The molecule has 2 saturated heterocycles. The van der Waals surface area contributed by atoms with Gasteiger partial charge in [0.2, 0.25) is 5.88 Å². The van der Waals surface area contributed by atoms with Gasteiger partial charge in [0.25, 0.3) is 0 Å². The zero-order chi connectivity index (χ0) is 10.3. The molecule has 1 aromatic rings. The van der Waals surface area contributed by atoms with Gasteiger partial charge in [-0.15, -0.1) is 0 Å². The maximum absolute atomic E-state index is 5.93. The minimum Gasteiger partial charge on any atom is -0.474 e. The molecule has 1 saturated carbocycles. The molecule has 4 rings (SSSR count). The summed E-state index contributed by atoms with van der Waals surface area (Å²) in [7, 11) is 2.19. The molecule has 0 radical (unpaired) electrons. The van der Waals surface area contributed by atoms with Crippen LogP contribution >= 0.6 is 0 Å². The van der Waals surface area contributed by atoms with Crippen molar-refractivity contribution in [2.45, 2.75) is 12.5 Å². The predicted octanol–water partition coefficient (Wildman–Crippen LogP) is 1.41. The number of piperidine rings is 2. The molecule has 2 bridgehead atoms. The van der Waals surface area contributed by atoms with E-state index in [0.29, 0.717) is 6.10 Å². The van der Waals surface area contributed by atoms with E-state index in [1.165, 1.54) is 19.5 Å². The van der Waals surface area contributed by atoms with Crippen molar-refractivity contribution in [1.29, 1.82) is 0 Å². The van der Waals surface area contributed by atoms with Crippen LogP contribution in [0.5, 0.6) is 5.88 Å². The fourth-order valence-electron chi connectivity index (χ4n) is 2.83. The van der Waals surface area contributed by atoms with Crippen LogP contribution in [0.25, 0.3) is 0 Å². The van der Waals surface area contributed by atoms with Crippen LogP contribution in [0.3, 0.4) is 0 Å². The van der Waals surface area contributed by atoms with E-state index in [4.69, 9.17) is 4.74 Å². The van der Waals surface area contributed by atoms with Gasteiger partial charge in [-0.2, -0.15) is 0 Å². The van der Waals surface area contributed by atoms with Gasteiger partial charge in [0.05, 0.1) is 0 Å². The number of ether oxygens (including phenoxy) is 1. The molecule has 0 spiro atoms. The van der Waals surface area contributed by atoms with Crippen LogP contribution < -0.4 is 4.74 Å². The molecule has 1 aromatic heterocycles. The highest BCUT2D eigenvalue weighted by Gasteiger charge is 2.47. The summed E-state index contributed by atoms with van der Waals surface area (Å²) in [5.74, 6) is 2.22. The van der Waals surface area contributed by atoms with E-state index >= 15 is 0 Å². The number of hydrogen-bond acceptors (Lipinski definition) is 3. The monoisotopic (exact) mass is 204 g/mol. The van der Waals surface area contributed by atoms with Crippen molar-refractivity contribution in [1.82, 2.24) is 9.88 Å². The van der Waals surface area contributed by atoms with Crippen molar-refractivity contribution < 1.29 is 4.74 Å². The molecule has 15 heavy (non-hydrogen) atoms. The summed E-state index contributed by atoms with van der Waals surface area (Å²) in [6, 6.07) is 5.84. The molecule has 2 unspecified atom stereocenters. The Morgan fingerprint density at radius 2 is 2.13 bits per heavy atom. The standard InChI is InChI=1S/C12H16N2O/c1-14-7-9-6-10(8-14)12(9)15-11-4-2-3-5-13-11/h2-5,9-10,12H,6-8H2,1H3. The molecule has 2 atom stereocenters. The van der Waals surface area contributed by atoms with Gasteiger partial charge in [-0.05, 0) is 19.5 Å². The second-order valence-electron chi connectivity index (χ2n) is 4.73. The van der Waals surface area contributed by atoms with E-state index in [0.717, 1.165) is 17.7 Å². The molecule has 3 nitrogen and oxygen atoms in total. The second kappa shape index (κ2) is 3.49. The molecule has 80 valence electrons. The summed E-state index contributed by atoms with van der Waals surface area (Å²) in [5, 5.41) is 0. The fraction of sp³-hybridized carbons (Fsp3) is 0.583. The van der Waals surface area contributed by atoms with Crippen molar-refractivity contribution in [2.75, 3.05) is 20.1 Å². The van der Waals surface area contributed by atoms with E-state index in [1.807, 2.05) is 18.2 Å². The molecule has 3 heteroatoms. The van der Waals surface area contributed by atoms with Crippen LogP contribution in [0.1, 0.15) is 6.42 Å². The van der Waals surface area contributed by atoms with Gasteiger partial charge in [0.1, 0.15) is 6.10 Å². The Balaban J connectivity index is 1.66. The lowest BCUT2D eigenvalue weighted by Crippen LogP contribution is -2.59. The maximum atomic E-state index is 5.93. The van der Waals surface area contributed by atoms with Crippen molar-refractivity contribution in [3.8, 4) is 5.88 Å². The summed E-state index contributed by atoms with van der Waals surface area (Å²) < 4.78 is 5.93. The molecule has 3 aliphatic rings. The van der Waals surface area contributed by atoms with Gasteiger partial charge in [0.15, 0.2) is 0 Å². The largest absolute Gasteiger partial charge is 0.474 e. The molecule has 3 heterocycles. The number of fused-ring (bicyclic) bond motifs is 2. The highest BCUT2D eigenvalue weighted by atomic mass is 16.5. The molecular formula is C12H16N2O. The first-order valence-electron chi connectivity index (χ1n) is 5.59. The summed E-state index contributed by atoms with van der Waals surface area (Å²) in [6.45, 7) is 2.35. The van der Waals surface area contributed by atoms with Gasteiger partial charge in [-0.1, -0.05) is 6.07 Å². The SMILES string of the molecule is CN1CC2CC(C1)C2Oc1ccccn1. The Morgan fingerprint density at radius 3 is 2.80 bits per heavy atom. The van der Waals surface area contributed by atoms with Crippen molar-refractivity contribution in [2.24, 2.45) is 11.8 Å². The molecule has 0 aromatic carbocycles. The van der Waals surface area contributed by atoms with Crippen LogP contribution in [-0.2, 0) is 0 Å². The number of rotatable bonds is 2. The molecule has 1 aliphatic carbocycles. The summed E-state index contributed by atoms with van der Waals surface area (Å²) >= 11 is 0. The van der Waals surface area contributed by atoms with E-state index in [2.05, 4.69) is 16.9 Å². The third kappa shape index (κ3) is 1.61. The smallest absolute Gasteiger partial charge is 0.213 e. The van der Waals surface area contributed by atoms with Crippen molar-refractivity contribution >= 4 is 0 Å². The average molecular weight is 204 g/mol. The van der Waals surface area contributed by atoms with E-state index in [1.54, 1.807) is 6.20 Å². The molecule has 3 fully saturated rings. The Morgan fingerprint density at radius 1 is 1.33 bits per heavy atom. The average Bonchev–Trinajstić information content (AvgIpc) is 2.27. The topological polar surface area (TPSA) is 25.4 Å². The number of pyridine rings is 1. The minimum atomic E-state index is 0.413. The molecule has 2 aliphatic heterocycles. The highest BCUT2D eigenvalue weighted by molar-refractivity contribution is 5.12. The Labute approximate surface area is 90.1 Å². The first-order chi connectivity index (χ1) is 7.33. The number of aromatic nitrogens is 1. The fourth-order valence-corrected chi connectivity index (χ4v) is 2.83. The van der Waals surface area contributed by atoms with Crippen molar-refractivity contribution in [3.63, 3.8) is 0 Å². The zero-order valence-electron chi connectivity index (χ0n) is 8.97. The van der Waals surface area contributed by atoms with Gasteiger partial charge in [-0.3, -0.25) is 0 Å². The molecular weight excluding hydrogens is 188 g/mol. The molecule has 0 N–H and O–H groups in total. The minimum absolute atomic E-state index is 0.413. The van der Waals surface area contributed by atoms with Crippen LogP contribution in [0, 0.1) is 11.8 Å². The lowest BCUT2D eigenvalue weighted by molar-refractivity contribution is -0.0870. The predicted molar refractivity (Wildman–Crippen MR) is 57.7 cm³/mol. The summed E-state index contributed by atoms with van der Waals surface area (Å²) in [4.78, 5) is 6.61. The van der Waals surface area contributed by atoms with Crippen LogP contribution in [0.15, 0.2) is 24.4 Å². The number of hydrogen-bond donors (Lipinski definition) is 0. The molecule has 0 amide bonds. The summed E-state index contributed by atoms with van der Waals surface area (Å²) in [6.07, 6.45) is 3.54. The van der Waals surface area contributed by atoms with Gasteiger partial charge < -0.3 is 9.64 Å². The van der Waals surface area contributed by atoms with Gasteiger partial charge in [-0.25, -0.2) is 4.98 Å². The van der Waals surface area contributed by atoms with Crippen LogP contribution in [0.2, 0.25) is 0 Å². The Kier molecular flexibility index (Phi) is 2.13. The lowest BCUT2D eigenvalue weighted by Gasteiger charge is -2.51. The first-order valence-corrected chi connectivity index (χ1v) is 5.59. The Hall–Kier alpha value is -1.09. The summed E-state index contributed by atoms with van der Waals surface area (Å²) in [5.41, 5.74) is 0. The quantitative estimate of drug-likeness (QED) is 0.728. The normalized spacial score (nSPS) is 34.6. The van der Waals surface area contributed by atoms with E-state index in [9.17, 15) is 0 Å². The van der Waals surface area contributed by atoms with E-state index < -0.39 is 0 Å². The zero-order valence-corrected chi connectivity index (χ0v) is 8.97. The third-order valence-electron chi connectivity index (χ3n) is 3.52. The second-order valence-corrected chi connectivity index (χ2v) is 4.73.